The van der Waals surface area contributed by atoms with E-state index in [2.05, 4.69) is 17.6 Å². The summed E-state index contributed by atoms with van der Waals surface area (Å²) >= 11 is 0. The second-order valence-corrected chi connectivity index (χ2v) is 6.55. The van der Waals surface area contributed by atoms with Crippen LogP contribution < -0.4 is 15.4 Å². The Morgan fingerprint density at radius 2 is 1.52 bits per heavy atom. The first kappa shape index (κ1) is 18.5. The summed E-state index contributed by atoms with van der Waals surface area (Å²) in [7, 11) is 0. The van der Waals surface area contributed by atoms with Gasteiger partial charge in [0.15, 0.2) is 5.75 Å². The van der Waals surface area contributed by atoms with E-state index < -0.39 is 0 Å². The predicted octanol–water partition coefficient (Wildman–Crippen LogP) is 5.92. The molecule has 3 aromatic carbocycles. The van der Waals surface area contributed by atoms with E-state index in [0.717, 1.165) is 28.4 Å². The van der Waals surface area contributed by atoms with E-state index in [-0.39, 0.29) is 11.9 Å². The van der Waals surface area contributed by atoms with Crippen LogP contribution in [0.5, 0.6) is 11.5 Å². The number of nitrogens with one attached hydrogen (secondary N) is 2. The summed E-state index contributed by atoms with van der Waals surface area (Å²) in [5.41, 5.74) is 3.90. The second kappa shape index (κ2) is 8.41. The Bertz CT molecular complexity index is 920. The third-order valence-corrected chi connectivity index (χ3v) is 4.25. The van der Waals surface area contributed by atoms with E-state index >= 15 is 0 Å². The maximum absolute atomic E-state index is 11.5. The van der Waals surface area contributed by atoms with Gasteiger partial charge in [0.25, 0.3) is 0 Å². The third kappa shape index (κ3) is 4.88. The minimum atomic E-state index is -0.0854. The molecule has 0 radical (unpaired) electrons. The predicted molar refractivity (Wildman–Crippen MR) is 110 cm³/mol. The Kier molecular flexibility index (Phi) is 5.77. The second-order valence-electron chi connectivity index (χ2n) is 6.55. The van der Waals surface area contributed by atoms with Gasteiger partial charge in [-0.2, -0.15) is 0 Å². The van der Waals surface area contributed by atoms with Crippen LogP contribution in [0.25, 0.3) is 0 Å². The van der Waals surface area contributed by atoms with Gasteiger partial charge >= 0.3 is 0 Å². The molecule has 138 valence electrons. The standard InChI is InChI=1S/C23H24N2O2/c1-16-12-14-19(15-13-16)27-23-11-7-6-10-22(23)24-17(2)20-8-4-5-9-21(20)25-18(3)26/h4-15,17,24H,1-3H3,(H,25,26). The fraction of sp³-hybridized carbons (Fsp3) is 0.174. The molecule has 0 aromatic heterocycles. The van der Waals surface area contributed by atoms with Gasteiger partial charge in [0, 0.05) is 12.6 Å². The Labute approximate surface area is 160 Å². The van der Waals surface area contributed by atoms with Crippen LogP contribution in [0.2, 0.25) is 0 Å². The lowest BCUT2D eigenvalue weighted by atomic mass is 10.1. The molecule has 0 aliphatic rings. The van der Waals surface area contributed by atoms with Crippen LogP contribution in [0.15, 0.2) is 72.8 Å². The van der Waals surface area contributed by atoms with Crippen molar-refractivity contribution in [2.24, 2.45) is 0 Å². The number of aryl methyl sites for hydroxylation is 1. The number of rotatable bonds is 6. The molecule has 27 heavy (non-hydrogen) atoms. The van der Waals surface area contributed by atoms with Crippen molar-refractivity contribution in [2.75, 3.05) is 10.6 Å². The summed E-state index contributed by atoms with van der Waals surface area (Å²) in [6.07, 6.45) is 0. The molecule has 0 aliphatic heterocycles. The van der Waals surface area contributed by atoms with E-state index in [1.807, 2.05) is 79.7 Å². The van der Waals surface area contributed by atoms with E-state index in [1.54, 1.807) is 0 Å². The van der Waals surface area contributed by atoms with Gasteiger partial charge in [-0.1, -0.05) is 48.0 Å². The SMILES string of the molecule is CC(=O)Nc1ccccc1C(C)Nc1ccccc1Oc1ccc(C)cc1. The van der Waals surface area contributed by atoms with Gasteiger partial charge in [0.2, 0.25) is 5.91 Å². The molecular weight excluding hydrogens is 336 g/mol. The molecule has 0 spiro atoms. The van der Waals surface area contributed by atoms with Crippen molar-refractivity contribution in [3.63, 3.8) is 0 Å². The number of carbonyl (C=O) groups is 1. The topological polar surface area (TPSA) is 50.4 Å². The molecule has 0 heterocycles. The first-order valence-electron chi connectivity index (χ1n) is 8.99. The molecule has 4 nitrogen and oxygen atoms in total. The molecule has 0 saturated carbocycles. The Hall–Kier alpha value is -3.27. The smallest absolute Gasteiger partial charge is 0.221 e. The van der Waals surface area contributed by atoms with Crippen LogP contribution in [0.1, 0.15) is 31.0 Å². The Morgan fingerprint density at radius 1 is 0.889 bits per heavy atom. The molecule has 3 aromatic rings. The van der Waals surface area contributed by atoms with Crippen molar-refractivity contribution < 1.29 is 9.53 Å². The summed E-state index contributed by atoms with van der Waals surface area (Å²) in [5, 5.41) is 6.39. The van der Waals surface area contributed by atoms with E-state index in [0.29, 0.717) is 0 Å². The normalized spacial score (nSPS) is 11.5. The first-order valence-corrected chi connectivity index (χ1v) is 8.99. The average molecular weight is 360 g/mol. The van der Waals surface area contributed by atoms with E-state index in [1.165, 1.54) is 12.5 Å². The molecular formula is C23H24N2O2. The lowest BCUT2D eigenvalue weighted by molar-refractivity contribution is -0.114. The Balaban J connectivity index is 1.82. The molecule has 1 atom stereocenters. The highest BCUT2D eigenvalue weighted by molar-refractivity contribution is 5.89. The van der Waals surface area contributed by atoms with E-state index in [4.69, 9.17) is 4.74 Å². The molecule has 4 heteroatoms. The van der Waals surface area contributed by atoms with Crippen LogP contribution in [0, 0.1) is 6.92 Å². The van der Waals surface area contributed by atoms with Crippen LogP contribution in [-0.4, -0.2) is 5.91 Å². The number of amides is 1. The minimum Gasteiger partial charge on any atom is -0.455 e. The quantitative estimate of drug-likeness (QED) is 0.574. The fourth-order valence-electron chi connectivity index (χ4n) is 2.90. The Morgan fingerprint density at radius 3 is 2.22 bits per heavy atom. The molecule has 3 rings (SSSR count). The van der Waals surface area contributed by atoms with Crippen molar-refractivity contribution >= 4 is 17.3 Å². The molecule has 1 amide bonds. The largest absolute Gasteiger partial charge is 0.455 e. The molecule has 0 bridgehead atoms. The summed E-state index contributed by atoms with van der Waals surface area (Å²) in [5.74, 6) is 1.46. The summed E-state index contributed by atoms with van der Waals surface area (Å²) in [6, 6.07) is 23.6. The number of hydrogen-bond acceptors (Lipinski definition) is 3. The number of para-hydroxylation sites is 3. The zero-order valence-corrected chi connectivity index (χ0v) is 15.8. The highest BCUT2D eigenvalue weighted by Gasteiger charge is 2.13. The van der Waals surface area contributed by atoms with Crippen molar-refractivity contribution in [2.45, 2.75) is 26.8 Å². The average Bonchev–Trinajstić information content (AvgIpc) is 2.65. The molecule has 1 unspecified atom stereocenters. The first-order chi connectivity index (χ1) is 13.0. The molecule has 0 fully saturated rings. The highest BCUT2D eigenvalue weighted by atomic mass is 16.5. The van der Waals surface area contributed by atoms with Gasteiger partial charge < -0.3 is 15.4 Å². The summed E-state index contributed by atoms with van der Waals surface area (Å²) in [4.78, 5) is 11.5. The number of benzene rings is 3. The fourth-order valence-corrected chi connectivity index (χ4v) is 2.90. The van der Waals surface area contributed by atoms with E-state index in [9.17, 15) is 4.79 Å². The zero-order chi connectivity index (χ0) is 19.2. The highest BCUT2D eigenvalue weighted by Crippen LogP contribution is 2.33. The van der Waals surface area contributed by atoms with Gasteiger partial charge in [-0.15, -0.1) is 0 Å². The maximum atomic E-state index is 11.5. The molecule has 0 aliphatic carbocycles. The lowest BCUT2D eigenvalue weighted by Gasteiger charge is -2.21. The number of anilines is 2. The number of carbonyl (C=O) groups excluding carboxylic acids is 1. The van der Waals surface area contributed by atoms with Gasteiger partial charge in [-0.3, -0.25) is 4.79 Å². The van der Waals surface area contributed by atoms with Gasteiger partial charge in [-0.05, 0) is 49.7 Å². The summed E-state index contributed by atoms with van der Waals surface area (Å²) < 4.78 is 6.06. The van der Waals surface area contributed by atoms with Crippen molar-refractivity contribution in [3.05, 3.63) is 83.9 Å². The molecule has 2 N–H and O–H groups in total. The van der Waals surface area contributed by atoms with Crippen LogP contribution in [0.4, 0.5) is 11.4 Å². The van der Waals surface area contributed by atoms with Crippen molar-refractivity contribution in [1.82, 2.24) is 0 Å². The van der Waals surface area contributed by atoms with Gasteiger partial charge in [0.05, 0.1) is 11.7 Å². The zero-order valence-electron chi connectivity index (χ0n) is 15.8. The third-order valence-electron chi connectivity index (χ3n) is 4.25. The van der Waals surface area contributed by atoms with Gasteiger partial charge in [-0.25, -0.2) is 0 Å². The summed E-state index contributed by atoms with van der Waals surface area (Å²) in [6.45, 7) is 5.62. The number of hydrogen-bond donors (Lipinski definition) is 2. The van der Waals surface area contributed by atoms with Crippen LogP contribution in [0.3, 0.4) is 0 Å². The lowest BCUT2D eigenvalue weighted by Crippen LogP contribution is -2.13. The molecule has 0 saturated heterocycles. The van der Waals surface area contributed by atoms with Crippen LogP contribution >= 0.6 is 0 Å². The van der Waals surface area contributed by atoms with Crippen LogP contribution in [-0.2, 0) is 4.79 Å². The van der Waals surface area contributed by atoms with Gasteiger partial charge in [0.1, 0.15) is 5.75 Å². The maximum Gasteiger partial charge on any atom is 0.221 e. The monoisotopic (exact) mass is 360 g/mol. The number of ether oxygens (including phenoxy) is 1. The van der Waals surface area contributed by atoms with Crippen molar-refractivity contribution in [3.8, 4) is 11.5 Å². The van der Waals surface area contributed by atoms with Crippen molar-refractivity contribution in [1.29, 1.82) is 0 Å². The minimum absolute atomic E-state index is 0.0178.